The number of hydrogen-bond acceptors (Lipinski definition) is 4. The van der Waals surface area contributed by atoms with Crippen molar-refractivity contribution in [1.82, 2.24) is 10.3 Å². The fourth-order valence-electron chi connectivity index (χ4n) is 4.85. The molecule has 0 aliphatic heterocycles. The van der Waals surface area contributed by atoms with E-state index in [-0.39, 0.29) is 11.8 Å². The van der Waals surface area contributed by atoms with E-state index in [9.17, 15) is 9.59 Å². The molecule has 1 aromatic heterocycles. The number of allylic oxidation sites excluding steroid dienone is 2. The molecule has 1 aliphatic rings. The Balaban J connectivity index is 1.44. The molecule has 0 saturated heterocycles. The summed E-state index contributed by atoms with van der Waals surface area (Å²) in [7, 11) is 0. The maximum absolute atomic E-state index is 12.4. The van der Waals surface area contributed by atoms with Crippen LogP contribution in [0.3, 0.4) is 0 Å². The fraction of sp³-hybridized carbons (Fsp3) is 0.194. The molecule has 0 fully saturated rings. The van der Waals surface area contributed by atoms with E-state index in [4.69, 9.17) is 14.5 Å². The molecule has 2 unspecified atom stereocenters. The highest BCUT2D eigenvalue weighted by atomic mass is 16.4. The first-order chi connectivity index (χ1) is 18.1. The average Bonchev–Trinajstić information content (AvgIpc) is 3.38. The monoisotopic (exact) mass is 492 g/mol. The largest absolute Gasteiger partial charge is 0.480 e. The molecule has 37 heavy (non-hydrogen) atoms. The number of rotatable bonds is 8. The molecule has 4 aromatic rings. The molecule has 186 valence electrons. The van der Waals surface area contributed by atoms with Gasteiger partial charge >= 0.3 is 5.97 Å². The molecule has 0 radical (unpaired) electrons. The maximum Gasteiger partial charge on any atom is 0.322 e. The van der Waals surface area contributed by atoms with Crippen molar-refractivity contribution in [3.8, 4) is 22.6 Å². The zero-order chi connectivity index (χ0) is 25.6. The van der Waals surface area contributed by atoms with Crippen LogP contribution in [0.4, 0.5) is 0 Å². The van der Waals surface area contributed by atoms with Crippen molar-refractivity contribution in [2.45, 2.75) is 25.2 Å². The van der Waals surface area contributed by atoms with Crippen molar-refractivity contribution in [1.29, 1.82) is 0 Å². The number of nitrogens with zero attached hydrogens (tertiary/aromatic N) is 1. The molecule has 1 heterocycles. The van der Waals surface area contributed by atoms with Crippen LogP contribution in [0.2, 0.25) is 0 Å². The number of carbonyl (C=O) groups is 2. The Morgan fingerprint density at radius 3 is 2.41 bits per heavy atom. The van der Waals surface area contributed by atoms with E-state index in [1.54, 1.807) is 6.07 Å². The molecule has 0 bridgehead atoms. The van der Waals surface area contributed by atoms with Gasteiger partial charge in [-0.25, -0.2) is 4.98 Å². The predicted octanol–water partition coefficient (Wildman–Crippen LogP) is 6.12. The molecule has 2 N–H and O–H groups in total. The topological polar surface area (TPSA) is 92.4 Å². The Kier molecular flexibility index (Phi) is 7.26. The summed E-state index contributed by atoms with van der Waals surface area (Å²) in [5.74, 6) is 0.268. The number of carbonyl (C=O) groups excluding carboxylic acids is 1. The first-order valence-corrected chi connectivity index (χ1v) is 12.5. The summed E-state index contributed by atoms with van der Waals surface area (Å²) in [5, 5.41) is 11.3. The van der Waals surface area contributed by atoms with Crippen LogP contribution in [0.15, 0.2) is 101 Å². The number of aromatic nitrogens is 1. The number of nitrogens with one attached hydrogen (secondary N) is 1. The Bertz CT molecular complexity index is 1350. The molecule has 3 aromatic carbocycles. The van der Waals surface area contributed by atoms with Gasteiger partial charge in [0.1, 0.15) is 12.2 Å². The van der Waals surface area contributed by atoms with E-state index in [2.05, 4.69) is 17.5 Å². The van der Waals surface area contributed by atoms with Crippen molar-refractivity contribution < 1.29 is 19.1 Å². The van der Waals surface area contributed by atoms with Gasteiger partial charge in [0.15, 0.2) is 11.7 Å². The second-order valence-corrected chi connectivity index (χ2v) is 9.22. The summed E-state index contributed by atoms with van der Waals surface area (Å²) in [6.07, 6.45) is 7.00. The molecule has 0 saturated carbocycles. The zero-order valence-electron chi connectivity index (χ0n) is 20.3. The van der Waals surface area contributed by atoms with Gasteiger partial charge in [0.2, 0.25) is 0 Å². The second-order valence-electron chi connectivity index (χ2n) is 9.22. The number of hydrogen-bond donors (Lipinski definition) is 2. The lowest BCUT2D eigenvalue weighted by atomic mass is 9.80. The molecule has 0 spiro atoms. The zero-order valence-corrected chi connectivity index (χ0v) is 20.3. The first-order valence-electron chi connectivity index (χ1n) is 12.5. The van der Waals surface area contributed by atoms with Gasteiger partial charge in [-0.2, -0.15) is 0 Å². The Morgan fingerprint density at radius 1 is 0.946 bits per heavy atom. The SMILES string of the molecule is O=C(O)CNC(=O)c1cccc(CC2C=CCCC2c2nc(-c3ccccc3)c(-c3ccccc3)o2)c1. The Labute approximate surface area is 215 Å². The highest BCUT2D eigenvalue weighted by Crippen LogP contribution is 2.41. The summed E-state index contributed by atoms with van der Waals surface area (Å²) >= 11 is 0. The average molecular weight is 493 g/mol. The number of benzene rings is 3. The second kappa shape index (κ2) is 11.1. The number of amides is 1. The van der Waals surface area contributed by atoms with Crippen LogP contribution in [-0.2, 0) is 11.2 Å². The molecule has 6 heteroatoms. The van der Waals surface area contributed by atoms with E-state index >= 15 is 0 Å². The third kappa shape index (κ3) is 5.70. The summed E-state index contributed by atoms with van der Waals surface area (Å²) < 4.78 is 6.51. The molecule has 2 atom stereocenters. The summed E-state index contributed by atoms with van der Waals surface area (Å²) in [6.45, 7) is -0.409. The Morgan fingerprint density at radius 2 is 1.68 bits per heavy atom. The van der Waals surface area contributed by atoms with Crippen molar-refractivity contribution in [3.63, 3.8) is 0 Å². The molecule has 5 rings (SSSR count). The van der Waals surface area contributed by atoms with Gasteiger partial charge in [0, 0.05) is 22.6 Å². The number of carboxylic acids is 1. The van der Waals surface area contributed by atoms with Crippen molar-refractivity contribution in [3.05, 3.63) is 114 Å². The van der Waals surface area contributed by atoms with Crippen molar-refractivity contribution in [2.75, 3.05) is 6.54 Å². The van der Waals surface area contributed by atoms with E-state index in [0.29, 0.717) is 12.0 Å². The number of aliphatic carboxylic acids is 1. The van der Waals surface area contributed by atoms with Crippen LogP contribution in [0.25, 0.3) is 22.6 Å². The van der Waals surface area contributed by atoms with Crippen LogP contribution in [0.1, 0.15) is 40.6 Å². The molecular formula is C31H28N2O4. The van der Waals surface area contributed by atoms with E-state index in [1.807, 2.05) is 78.9 Å². The quantitative estimate of drug-likeness (QED) is 0.289. The van der Waals surface area contributed by atoms with E-state index < -0.39 is 18.4 Å². The van der Waals surface area contributed by atoms with Gasteiger partial charge in [-0.3, -0.25) is 9.59 Å². The van der Waals surface area contributed by atoms with Gasteiger partial charge < -0.3 is 14.8 Å². The summed E-state index contributed by atoms with van der Waals surface area (Å²) in [6, 6.07) is 27.5. The van der Waals surface area contributed by atoms with Gasteiger partial charge in [-0.15, -0.1) is 0 Å². The summed E-state index contributed by atoms with van der Waals surface area (Å²) in [4.78, 5) is 28.2. The predicted molar refractivity (Wildman–Crippen MR) is 142 cm³/mol. The fourth-order valence-corrected chi connectivity index (χ4v) is 4.85. The Hall–Kier alpha value is -4.45. The van der Waals surface area contributed by atoms with Gasteiger partial charge in [0.25, 0.3) is 5.91 Å². The van der Waals surface area contributed by atoms with Crippen LogP contribution in [0, 0.1) is 5.92 Å². The molecule has 6 nitrogen and oxygen atoms in total. The highest BCUT2D eigenvalue weighted by Gasteiger charge is 2.30. The van der Waals surface area contributed by atoms with Crippen molar-refractivity contribution in [2.24, 2.45) is 5.92 Å². The van der Waals surface area contributed by atoms with Crippen LogP contribution in [-0.4, -0.2) is 28.5 Å². The first kappa shape index (κ1) is 24.3. The number of carboxylic acid groups (broad SMARTS) is 1. The van der Waals surface area contributed by atoms with E-state index in [1.165, 1.54) is 0 Å². The minimum absolute atomic E-state index is 0.0921. The highest BCUT2D eigenvalue weighted by molar-refractivity contribution is 5.95. The molecule has 1 amide bonds. The maximum atomic E-state index is 12.4. The van der Waals surface area contributed by atoms with Crippen LogP contribution in [0.5, 0.6) is 0 Å². The third-order valence-corrected chi connectivity index (χ3v) is 6.65. The lowest BCUT2D eigenvalue weighted by Crippen LogP contribution is -2.29. The minimum Gasteiger partial charge on any atom is -0.480 e. The lowest BCUT2D eigenvalue weighted by Gasteiger charge is -2.25. The molecular weight excluding hydrogens is 464 g/mol. The summed E-state index contributed by atoms with van der Waals surface area (Å²) in [5.41, 5.74) is 4.29. The van der Waals surface area contributed by atoms with E-state index in [0.717, 1.165) is 46.9 Å². The molecule has 1 aliphatic carbocycles. The minimum atomic E-state index is -1.07. The smallest absolute Gasteiger partial charge is 0.322 e. The van der Waals surface area contributed by atoms with Gasteiger partial charge in [-0.05, 0) is 42.9 Å². The third-order valence-electron chi connectivity index (χ3n) is 6.65. The van der Waals surface area contributed by atoms with Gasteiger partial charge in [-0.1, -0.05) is 84.9 Å². The standard InChI is InChI=1S/C31H28N2O4/c34-27(35)20-32-30(36)25-16-9-10-21(19-25)18-24-15-7-8-17-26(24)31-33-28(22-11-3-1-4-12-22)29(37-31)23-13-5-2-6-14-23/h1-7,9-16,19,24,26H,8,17-18,20H2,(H,32,36)(H,34,35). The van der Waals surface area contributed by atoms with Crippen LogP contribution < -0.4 is 5.32 Å². The number of oxazole rings is 1. The lowest BCUT2D eigenvalue weighted by molar-refractivity contribution is -0.135. The van der Waals surface area contributed by atoms with Crippen LogP contribution >= 0.6 is 0 Å². The normalized spacial score (nSPS) is 16.9. The van der Waals surface area contributed by atoms with Crippen molar-refractivity contribution >= 4 is 11.9 Å². The van der Waals surface area contributed by atoms with Gasteiger partial charge in [0.05, 0.1) is 0 Å².